The molecule has 0 atom stereocenters. The van der Waals surface area contributed by atoms with E-state index >= 15 is 0 Å². The van der Waals surface area contributed by atoms with Crippen LogP contribution in [0.5, 0.6) is 5.75 Å². The monoisotopic (exact) mass is 550 g/mol. The average molecular weight is 551 g/mol. The predicted molar refractivity (Wildman–Crippen MR) is 171 cm³/mol. The SMILES string of the molecule is Cc1ccc(Nc2ccc(OCCN3CCCC3)cc2)cc1Nc1ncc(C)c(Nc2cccc(C(C)(C)C)c2)n1. The summed E-state index contributed by atoms with van der Waals surface area (Å²) in [5.41, 5.74) is 7.36. The van der Waals surface area contributed by atoms with Crippen LogP contribution in [0.2, 0.25) is 0 Å². The second-order valence-corrected chi connectivity index (χ2v) is 11.9. The number of aromatic nitrogens is 2. The van der Waals surface area contributed by atoms with Crippen LogP contribution in [-0.2, 0) is 5.41 Å². The molecule has 1 aromatic heterocycles. The van der Waals surface area contributed by atoms with E-state index in [-0.39, 0.29) is 5.41 Å². The van der Waals surface area contributed by atoms with Crippen LogP contribution >= 0.6 is 0 Å². The van der Waals surface area contributed by atoms with Gasteiger partial charge in [-0.1, -0.05) is 39.0 Å². The molecule has 1 fully saturated rings. The van der Waals surface area contributed by atoms with Crippen molar-refractivity contribution >= 4 is 34.5 Å². The zero-order valence-corrected chi connectivity index (χ0v) is 24.9. The summed E-state index contributed by atoms with van der Waals surface area (Å²) in [5, 5.41) is 10.4. The molecular weight excluding hydrogens is 508 g/mol. The molecule has 41 heavy (non-hydrogen) atoms. The van der Waals surface area contributed by atoms with Crippen LogP contribution in [0.1, 0.15) is 50.3 Å². The zero-order valence-electron chi connectivity index (χ0n) is 24.9. The standard InChI is InChI=1S/C34H42N6O/c1-24-11-12-29(36-27-13-15-30(16-14-27)41-20-19-40-17-6-7-18-40)22-31(24)38-33-35-23-25(2)32(39-33)37-28-10-8-9-26(21-28)34(3,4)5/h8-16,21-23,36H,6-7,17-20H2,1-5H3,(H2,35,37,38,39). The normalized spacial score (nSPS) is 13.7. The first kappa shape index (κ1) is 28.4. The summed E-state index contributed by atoms with van der Waals surface area (Å²) in [4.78, 5) is 11.8. The molecule has 214 valence electrons. The fourth-order valence-electron chi connectivity index (χ4n) is 4.88. The van der Waals surface area contributed by atoms with E-state index in [1.165, 1.54) is 31.5 Å². The Morgan fingerprint density at radius 1 is 0.805 bits per heavy atom. The number of likely N-dealkylation sites (tertiary alicyclic amines) is 1. The lowest BCUT2D eigenvalue weighted by Gasteiger charge is -2.20. The number of nitrogens with zero attached hydrogens (tertiary/aromatic N) is 3. The van der Waals surface area contributed by atoms with Gasteiger partial charge in [-0.2, -0.15) is 4.98 Å². The lowest BCUT2D eigenvalue weighted by molar-refractivity contribution is 0.238. The van der Waals surface area contributed by atoms with E-state index in [9.17, 15) is 0 Å². The van der Waals surface area contributed by atoms with Gasteiger partial charge >= 0.3 is 0 Å². The van der Waals surface area contributed by atoms with Gasteiger partial charge in [-0.15, -0.1) is 0 Å². The first-order valence-corrected chi connectivity index (χ1v) is 14.5. The van der Waals surface area contributed by atoms with Crippen molar-refractivity contribution in [2.75, 3.05) is 42.2 Å². The number of ether oxygens (including phenoxy) is 1. The Kier molecular flexibility index (Phi) is 8.74. The Bertz CT molecular complexity index is 1460. The third-order valence-electron chi connectivity index (χ3n) is 7.47. The van der Waals surface area contributed by atoms with Gasteiger partial charge < -0.3 is 20.7 Å². The van der Waals surface area contributed by atoms with Gasteiger partial charge in [-0.3, -0.25) is 4.90 Å². The third-order valence-corrected chi connectivity index (χ3v) is 7.47. The summed E-state index contributed by atoms with van der Waals surface area (Å²) in [7, 11) is 0. The topological polar surface area (TPSA) is 74.3 Å². The third kappa shape index (κ3) is 7.76. The summed E-state index contributed by atoms with van der Waals surface area (Å²) in [6.45, 7) is 14.8. The van der Waals surface area contributed by atoms with Gasteiger partial charge in [-0.25, -0.2) is 4.98 Å². The molecule has 3 N–H and O–H groups in total. The molecule has 0 spiro atoms. The van der Waals surface area contributed by atoms with Gasteiger partial charge in [0.05, 0.1) is 0 Å². The van der Waals surface area contributed by atoms with Crippen molar-refractivity contribution in [1.29, 1.82) is 0 Å². The summed E-state index contributed by atoms with van der Waals surface area (Å²) >= 11 is 0. The Morgan fingerprint density at radius 2 is 1.54 bits per heavy atom. The van der Waals surface area contributed by atoms with Gasteiger partial charge in [0, 0.05) is 41.1 Å². The van der Waals surface area contributed by atoms with Crippen molar-refractivity contribution in [2.24, 2.45) is 0 Å². The molecule has 5 rings (SSSR count). The minimum absolute atomic E-state index is 0.0740. The van der Waals surface area contributed by atoms with Gasteiger partial charge in [0.25, 0.3) is 0 Å². The van der Waals surface area contributed by atoms with Crippen molar-refractivity contribution in [3.05, 3.63) is 89.6 Å². The first-order chi connectivity index (χ1) is 19.7. The molecule has 0 unspecified atom stereocenters. The minimum Gasteiger partial charge on any atom is -0.492 e. The Balaban J connectivity index is 1.23. The number of anilines is 6. The molecule has 7 nitrogen and oxygen atoms in total. The lowest BCUT2D eigenvalue weighted by atomic mass is 9.87. The van der Waals surface area contributed by atoms with Crippen LogP contribution in [0, 0.1) is 13.8 Å². The van der Waals surface area contributed by atoms with E-state index in [2.05, 4.69) is 96.0 Å². The largest absolute Gasteiger partial charge is 0.492 e. The number of aryl methyl sites for hydroxylation is 2. The fourth-order valence-corrected chi connectivity index (χ4v) is 4.88. The molecule has 0 amide bonds. The molecule has 0 bridgehead atoms. The second-order valence-electron chi connectivity index (χ2n) is 11.9. The van der Waals surface area contributed by atoms with Crippen LogP contribution < -0.4 is 20.7 Å². The highest BCUT2D eigenvalue weighted by Crippen LogP contribution is 2.29. The fraction of sp³-hybridized carbons (Fsp3) is 0.353. The van der Waals surface area contributed by atoms with E-state index in [1.54, 1.807) is 0 Å². The molecule has 1 aliphatic rings. The highest BCUT2D eigenvalue weighted by molar-refractivity contribution is 5.70. The maximum Gasteiger partial charge on any atom is 0.229 e. The van der Waals surface area contributed by atoms with Gasteiger partial charge in [0.1, 0.15) is 18.2 Å². The molecule has 0 radical (unpaired) electrons. The predicted octanol–water partition coefficient (Wildman–Crippen LogP) is 8.10. The van der Waals surface area contributed by atoms with E-state index in [4.69, 9.17) is 9.72 Å². The number of nitrogens with one attached hydrogen (secondary N) is 3. The minimum atomic E-state index is 0.0740. The molecule has 2 heterocycles. The second kappa shape index (κ2) is 12.6. The van der Waals surface area contributed by atoms with Crippen molar-refractivity contribution in [3.63, 3.8) is 0 Å². The smallest absolute Gasteiger partial charge is 0.229 e. The number of hydrogen-bond acceptors (Lipinski definition) is 7. The summed E-state index contributed by atoms with van der Waals surface area (Å²) in [5.74, 6) is 2.22. The summed E-state index contributed by atoms with van der Waals surface area (Å²) < 4.78 is 5.95. The molecule has 1 saturated heterocycles. The highest BCUT2D eigenvalue weighted by Gasteiger charge is 2.15. The summed E-state index contributed by atoms with van der Waals surface area (Å²) in [6, 6.07) is 22.9. The Hall–Kier alpha value is -4.10. The van der Waals surface area contributed by atoms with Crippen molar-refractivity contribution in [1.82, 2.24) is 14.9 Å². The molecule has 3 aromatic carbocycles. The van der Waals surface area contributed by atoms with E-state index < -0.39 is 0 Å². The molecule has 4 aromatic rings. The Morgan fingerprint density at radius 3 is 2.29 bits per heavy atom. The molecule has 0 saturated carbocycles. The molecule has 7 heteroatoms. The summed E-state index contributed by atoms with van der Waals surface area (Å²) in [6.07, 6.45) is 4.46. The van der Waals surface area contributed by atoms with Gasteiger partial charge in [0.15, 0.2) is 0 Å². The lowest BCUT2D eigenvalue weighted by Crippen LogP contribution is -2.25. The number of benzene rings is 3. The van der Waals surface area contributed by atoms with E-state index in [0.29, 0.717) is 5.95 Å². The van der Waals surface area contributed by atoms with Crippen LogP contribution in [0.15, 0.2) is 72.9 Å². The number of rotatable bonds is 10. The van der Waals surface area contributed by atoms with Crippen molar-refractivity contribution in [3.8, 4) is 5.75 Å². The van der Waals surface area contributed by atoms with Crippen LogP contribution in [0.4, 0.5) is 34.5 Å². The van der Waals surface area contributed by atoms with E-state index in [0.717, 1.165) is 58.6 Å². The van der Waals surface area contributed by atoms with Crippen molar-refractivity contribution < 1.29 is 4.74 Å². The maximum atomic E-state index is 5.95. The first-order valence-electron chi connectivity index (χ1n) is 14.5. The molecular formula is C34H42N6O. The van der Waals surface area contributed by atoms with Crippen LogP contribution in [-0.4, -0.2) is 41.1 Å². The molecule has 1 aliphatic heterocycles. The highest BCUT2D eigenvalue weighted by atomic mass is 16.5. The van der Waals surface area contributed by atoms with Crippen LogP contribution in [0.3, 0.4) is 0 Å². The van der Waals surface area contributed by atoms with E-state index in [1.807, 2.05) is 37.4 Å². The quantitative estimate of drug-likeness (QED) is 0.184. The molecule has 0 aliphatic carbocycles. The van der Waals surface area contributed by atoms with Crippen molar-refractivity contribution in [2.45, 2.75) is 52.9 Å². The number of hydrogen-bond donors (Lipinski definition) is 3. The maximum absolute atomic E-state index is 5.95. The zero-order chi connectivity index (χ0) is 28.8. The van der Waals surface area contributed by atoms with Gasteiger partial charge in [0.2, 0.25) is 5.95 Å². The average Bonchev–Trinajstić information content (AvgIpc) is 3.47. The van der Waals surface area contributed by atoms with Gasteiger partial charge in [-0.05, 0) is 105 Å². The van der Waals surface area contributed by atoms with Crippen LogP contribution in [0.25, 0.3) is 0 Å². The Labute approximate surface area is 244 Å².